The SMILES string of the molecule is C=C[C@H]1C[C@@H](O[Si](C)(C)C(C)(C)C)CC[C@]1(C)C1CC[C@@]2(C)C(CCC23OCCO3)[C@@H]1OC(C)=O. The lowest BCUT2D eigenvalue weighted by atomic mass is 9.51. The van der Waals surface area contributed by atoms with Crippen molar-refractivity contribution in [1.29, 1.82) is 0 Å². The fourth-order valence-corrected chi connectivity index (χ4v) is 9.28. The van der Waals surface area contributed by atoms with Gasteiger partial charge in [-0.1, -0.05) is 40.7 Å². The Balaban J connectivity index is 1.58. The van der Waals surface area contributed by atoms with Gasteiger partial charge in [-0.15, -0.1) is 6.58 Å². The third kappa shape index (κ3) is 4.49. The number of carbonyl (C=O) groups excluding carboxylic acids is 1. The molecule has 0 aromatic carbocycles. The van der Waals surface area contributed by atoms with Crippen LogP contribution in [0.25, 0.3) is 0 Å². The molecule has 0 bridgehead atoms. The van der Waals surface area contributed by atoms with Crippen molar-refractivity contribution in [2.75, 3.05) is 13.2 Å². The number of rotatable bonds is 5. The first-order chi connectivity index (χ1) is 16.2. The number of fused-ring (bicyclic) bond motifs is 2. The van der Waals surface area contributed by atoms with Gasteiger partial charge in [0.05, 0.1) is 13.2 Å². The predicted molar refractivity (Wildman–Crippen MR) is 141 cm³/mol. The topological polar surface area (TPSA) is 54.0 Å². The summed E-state index contributed by atoms with van der Waals surface area (Å²) in [5, 5.41) is 0.203. The van der Waals surface area contributed by atoms with E-state index in [4.69, 9.17) is 18.6 Å². The summed E-state index contributed by atoms with van der Waals surface area (Å²) in [6.07, 6.45) is 9.43. The Morgan fingerprint density at radius 3 is 2.23 bits per heavy atom. The summed E-state index contributed by atoms with van der Waals surface area (Å²) in [4.78, 5) is 12.4. The number of carbonyl (C=O) groups is 1. The third-order valence-corrected chi connectivity index (χ3v) is 15.6. The molecular weight excluding hydrogens is 456 g/mol. The van der Waals surface area contributed by atoms with Crippen LogP contribution in [0.15, 0.2) is 12.7 Å². The van der Waals surface area contributed by atoms with E-state index in [1.165, 1.54) is 0 Å². The van der Waals surface area contributed by atoms with Gasteiger partial charge in [0.2, 0.25) is 0 Å². The number of esters is 1. The molecule has 0 N–H and O–H groups in total. The van der Waals surface area contributed by atoms with Crippen LogP contribution >= 0.6 is 0 Å². The number of allylic oxidation sites excluding steroid dienone is 1. The van der Waals surface area contributed by atoms with Gasteiger partial charge in [-0.25, -0.2) is 0 Å². The molecule has 5 nitrogen and oxygen atoms in total. The van der Waals surface area contributed by atoms with Crippen molar-refractivity contribution < 1.29 is 23.4 Å². The maximum atomic E-state index is 12.4. The molecule has 4 rings (SSSR count). The van der Waals surface area contributed by atoms with Crippen LogP contribution in [-0.4, -0.2) is 45.5 Å². The van der Waals surface area contributed by atoms with E-state index in [0.717, 1.165) is 44.9 Å². The van der Waals surface area contributed by atoms with E-state index < -0.39 is 14.1 Å². The van der Waals surface area contributed by atoms with E-state index in [9.17, 15) is 4.79 Å². The zero-order valence-electron chi connectivity index (χ0n) is 23.6. The maximum Gasteiger partial charge on any atom is 0.302 e. The highest BCUT2D eigenvalue weighted by molar-refractivity contribution is 6.74. The Morgan fingerprint density at radius 2 is 1.66 bits per heavy atom. The molecule has 35 heavy (non-hydrogen) atoms. The summed E-state index contributed by atoms with van der Waals surface area (Å²) in [7, 11) is -1.83. The van der Waals surface area contributed by atoms with Gasteiger partial charge >= 0.3 is 5.97 Å². The molecule has 6 heteroatoms. The Labute approximate surface area is 214 Å². The molecule has 3 aliphatic carbocycles. The Kier molecular flexibility index (Phi) is 7.23. The Hall–Kier alpha value is -0.693. The fourth-order valence-electron chi connectivity index (χ4n) is 7.88. The van der Waals surface area contributed by atoms with E-state index >= 15 is 0 Å². The second-order valence-electron chi connectivity index (χ2n) is 13.9. The first kappa shape index (κ1) is 27.3. The predicted octanol–water partition coefficient (Wildman–Crippen LogP) is 6.87. The van der Waals surface area contributed by atoms with Gasteiger partial charge in [-0.05, 0) is 68.0 Å². The van der Waals surface area contributed by atoms with E-state index in [1.54, 1.807) is 6.92 Å². The second kappa shape index (κ2) is 9.25. The van der Waals surface area contributed by atoms with Crippen LogP contribution in [-0.2, 0) is 23.4 Å². The van der Waals surface area contributed by atoms with Crippen molar-refractivity contribution in [3.05, 3.63) is 12.7 Å². The van der Waals surface area contributed by atoms with Crippen LogP contribution in [0.5, 0.6) is 0 Å². The molecule has 7 atom stereocenters. The molecule has 1 heterocycles. The minimum Gasteiger partial charge on any atom is -0.462 e. The summed E-state index contributed by atoms with van der Waals surface area (Å²) >= 11 is 0. The smallest absolute Gasteiger partial charge is 0.302 e. The lowest BCUT2D eigenvalue weighted by Crippen LogP contribution is -2.58. The largest absolute Gasteiger partial charge is 0.462 e. The van der Waals surface area contributed by atoms with E-state index in [2.05, 4.69) is 60.4 Å². The monoisotopic (exact) mass is 506 g/mol. The highest BCUT2D eigenvalue weighted by Crippen LogP contribution is 2.65. The normalized spacial score (nSPS) is 41.5. The van der Waals surface area contributed by atoms with Gasteiger partial charge < -0.3 is 18.6 Å². The van der Waals surface area contributed by atoms with Gasteiger partial charge in [-0.3, -0.25) is 4.79 Å². The van der Waals surface area contributed by atoms with Gasteiger partial charge in [0.1, 0.15) is 6.10 Å². The van der Waals surface area contributed by atoms with Crippen LogP contribution in [0.2, 0.25) is 18.1 Å². The van der Waals surface area contributed by atoms with E-state index in [1.807, 2.05) is 0 Å². The van der Waals surface area contributed by atoms with Gasteiger partial charge in [-0.2, -0.15) is 0 Å². The molecule has 0 amide bonds. The molecule has 3 saturated carbocycles. The average Bonchev–Trinajstić information content (AvgIpc) is 3.34. The minimum absolute atomic E-state index is 0.0314. The Bertz CT molecular complexity index is 812. The average molecular weight is 507 g/mol. The molecule has 2 unspecified atom stereocenters. The molecule has 0 radical (unpaired) electrons. The molecule has 1 aliphatic heterocycles. The highest BCUT2D eigenvalue weighted by atomic mass is 28.4. The van der Waals surface area contributed by atoms with Crippen molar-refractivity contribution in [2.45, 2.75) is 123 Å². The lowest BCUT2D eigenvalue weighted by Gasteiger charge is -2.57. The molecule has 4 fully saturated rings. The van der Waals surface area contributed by atoms with Crippen LogP contribution < -0.4 is 0 Å². The number of hydrogen-bond donors (Lipinski definition) is 0. The van der Waals surface area contributed by atoms with Gasteiger partial charge in [0.25, 0.3) is 0 Å². The quantitative estimate of drug-likeness (QED) is 0.231. The van der Waals surface area contributed by atoms with Crippen molar-refractivity contribution in [3.8, 4) is 0 Å². The van der Waals surface area contributed by atoms with E-state index in [-0.39, 0.29) is 40.0 Å². The van der Waals surface area contributed by atoms with Crippen LogP contribution in [0.1, 0.15) is 86.5 Å². The summed E-state index contributed by atoms with van der Waals surface area (Å²) in [6.45, 7) is 23.6. The van der Waals surface area contributed by atoms with Crippen molar-refractivity contribution in [3.63, 3.8) is 0 Å². The third-order valence-electron chi connectivity index (χ3n) is 11.1. The lowest BCUT2D eigenvalue weighted by molar-refractivity contribution is -0.252. The molecule has 0 aromatic rings. The van der Waals surface area contributed by atoms with Crippen molar-refractivity contribution >= 4 is 14.3 Å². The zero-order valence-corrected chi connectivity index (χ0v) is 24.6. The van der Waals surface area contributed by atoms with Crippen LogP contribution in [0.3, 0.4) is 0 Å². The first-order valence-corrected chi connectivity index (χ1v) is 16.9. The van der Waals surface area contributed by atoms with Gasteiger partial charge in [0, 0.05) is 36.7 Å². The summed E-state index contributed by atoms with van der Waals surface area (Å²) in [5.74, 6) is 0.221. The fraction of sp³-hybridized carbons (Fsp3) is 0.897. The maximum absolute atomic E-state index is 12.4. The summed E-state index contributed by atoms with van der Waals surface area (Å²) in [5.41, 5.74) is -0.0908. The van der Waals surface area contributed by atoms with Crippen LogP contribution in [0, 0.1) is 28.6 Å². The van der Waals surface area contributed by atoms with Crippen molar-refractivity contribution in [1.82, 2.24) is 0 Å². The number of hydrogen-bond acceptors (Lipinski definition) is 5. The standard InChI is InChI=1S/C29H50O5Si/c1-10-21-19-22(34-35(8,9)26(3,4)5)11-14-27(21,6)23-12-15-28(7)24(25(23)33-20(2)30)13-16-29(28)31-17-18-32-29/h10,21-25H,1,11-19H2,2-9H3/t21-,22-,23?,24?,25+,27-,28-/m0/s1. The zero-order chi connectivity index (χ0) is 25.9. The highest BCUT2D eigenvalue weighted by Gasteiger charge is 2.67. The van der Waals surface area contributed by atoms with Gasteiger partial charge in [0.15, 0.2) is 14.1 Å². The Morgan fingerprint density at radius 1 is 1.03 bits per heavy atom. The molecular formula is C29H50O5Si. The second-order valence-corrected chi connectivity index (χ2v) is 18.6. The molecule has 1 saturated heterocycles. The summed E-state index contributed by atoms with van der Waals surface area (Å²) in [6, 6.07) is 0. The molecule has 200 valence electrons. The molecule has 4 aliphatic rings. The summed E-state index contributed by atoms with van der Waals surface area (Å²) < 4.78 is 25.7. The van der Waals surface area contributed by atoms with Crippen molar-refractivity contribution in [2.24, 2.45) is 28.6 Å². The number of ether oxygens (including phenoxy) is 3. The first-order valence-electron chi connectivity index (χ1n) is 13.9. The van der Waals surface area contributed by atoms with E-state index in [0.29, 0.717) is 25.0 Å². The molecule has 0 aromatic heterocycles. The van der Waals surface area contributed by atoms with Crippen LogP contribution in [0.4, 0.5) is 0 Å². The molecule has 1 spiro atoms. The minimum atomic E-state index is -1.83.